The smallest absolute Gasteiger partial charge is 0.323 e. The highest BCUT2D eigenvalue weighted by atomic mass is 16.5. The summed E-state index contributed by atoms with van der Waals surface area (Å²) in [5.74, 6) is -0.351. The van der Waals surface area contributed by atoms with Gasteiger partial charge in [0.05, 0.1) is 0 Å². The van der Waals surface area contributed by atoms with Crippen molar-refractivity contribution in [3.8, 4) is 5.75 Å². The third-order valence-corrected chi connectivity index (χ3v) is 2.95. The molecule has 0 spiro atoms. The molecule has 20 heavy (non-hydrogen) atoms. The van der Waals surface area contributed by atoms with Crippen LogP contribution in [0.25, 0.3) is 0 Å². The Labute approximate surface area is 119 Å². The van der Waals surface area contributed by atoms with E-state index in [0.717, 1.165) is 5.56 Å². The van der Waals surface area contributed by atoms with Crippen LogP contribution < -0.4 is 4.74 Å². The van der Waals surface area contributed by atoms with Gasteiger partial charge in [0.15, 0.2) is 6.61 Å². The van der Waals surface area contributed by atoms with Crippen LogP contribution in [0.3, 0.4) is 0 Å². The average molecular weight is 279 g/mol. The monoisotopic (exact) mass is 279 g/mol. The minimum absolute atomic E-state index is 0.150. The summed E-state index contributed by atoms with van der Waals surface area (Å²) in [7, 11) is 0. The molecule has 1 rings (SSSR count). The van der Waals surface area contributed by atoms with Crippen molar-refractivity contribution in [1.29, 1.82) is 0 Å². The van der Waals surface area contributed by atoms with Crippen molar-refractivity contribution in [2.45, 2.75) is 26.7 Å². The molecule has 0 saturated heterocycles. The minimum Gasteiger partial charge on any atom is -0.484 e. The largest absolute Gasteiger partial charge is 0.484 e. The van der Waals surface area contributed by atoms with Gasteiger partial charge in [0.1, 0.15) is 12.3 Å². The molecule has 0 radical (unpaired) electrons. The maximum atomic E-state index is 11.8. The van der Waals surface area contributed by atoms with Crippen LogP contribution in [-0.2, 0) is 9.59 Å². The zero-order valence-corrected chi connectivity index (χ0v) is 12.1. The number of benzene rings is 1. The molecule has 5 nitrogen and oxygen atoms in total. The highest BCUT2D eigenvalue weighted by Crippen LogP contribution is 2.20. The number of rotatable bonds is 7. The second kappa shape index (κ2) is 7.53. The fourth-order valence-corrected chi connectivity index (χ4v) is 1.74. The minimum atomic E-state index is -1.03. The summed E-state index contributed by atoms with van der Waals surface area (Å²) in [5.41, 5.74) is 1.13. The Hall–Kier alpha value is -2.04. The van der Waals surface area contributed by atoms with Gasteiger partial charge < -0.3 is 14.7 Å². The van der Waals surface area contributed by atoms with Gasteiger partial charge in [-0.1, -0.05) is 26.0 Å². The topological polar surface area (TPSA) is 66.8 Å². The fourth-order valence-electron chi connectivity index (χ4n) is 1.74. The predicted molar refractivity (Wildman–Crippen MR) is 75.9 cm³/mol. The zero-order valence-electron chi connectivity index (χ0n) is 12.1. The lowest BCUT2D eigenvalue weighted by molar-refractivity contribution is -0.145. The van der Waals surface area contributed by atoms with Crippen LogP contribution in [0.1, 0.15) is 32.3 Å². The third-order valence-electron chi connectivity index (χ3n) is 2.95. The molecule has 5 heteroatoms. The molecule has 0 aliphatic carbocycles. The molecule has 0 unspecified atom stereocenters. The SMILES string of the molecule is CCN(CC(=O)O)C(=O)COc1cccc(C(C)C)c1. The van der Waals surface area contributed by atoms with Gasteiger partial charge in [0.25, 0.3) is 5.91 Å². The molecule has 1 aromatic carbocycles. The molecule has 0 heterocycles. The Balaban J connectivity index is 2.59. The van der Waals surface area contributed by atoms with Crippen LogP contribution in [-0.4, -0.2) is 41.6 Å². The maximum Gasteiger partial charge on any atom is 0.323 e. The van der Waals surface area contributed by atoms with Crippen molar-refractivity contribution in [2.24, 2.45) is 0 Å². The first-order chi connectivity index (χ1) is 9.43. The van der Waals surface area contributed by atoms with Gasteiger partial charge in [0, 0.05) is 6.54 Å². The summed E-state index contributed by atoms with van der Waals surface area (Å²) in [5, 5.41) is 8.71. The molecule has 1 amide bonds. The van der Waals surface area contributed by atoms with Crippen LogP contribution in [0.4, 0.5) is 0 Å². The number of nitrogens with zero attached hydrogens (tertiary/aromatic N) is 1. The van der Waals surface area contributed by atoms with Crippen molar-refractivity contribution < 1.29 is 19.4 Å². The number of carboxylic acid groups (broad SMARTS) is 1. The number of amides is 1. The second-order valence-corrected chi connectivity index (χ2v) is 4.82. The molecule has 0 aliphatic heterocycles. The summed E-state index contributed by atoms with van der Waals surface area (Å²) < 4.78 is 5.44. The lowest BCUT2D eigenvalue weighted by Crippen LogP contribution is -2.38. The van der Waals surface area contributed by atoms with E-state index in [1.807, 2.05) is 18.2 Å². The van der Waals surface area contributed by atoms with Crippen molar-refractivity contribution in [2.75, 3.05) is 19.7 Å². The number of carbonyl (C=O) groups is 2. The first-order valence-corrected chi connectivity index (χ1v) is 6.66. The van der Waals surface area contributed by atoms with Crippen LogP contribution in [0, 0.1) is 0 Å². The summed E-state index contributed by atoms with van der Waals surface area (Å²) >= 11 is 0. The highest BCUT2D eigenvalue weighted by molar-refractivity contribution is 5.82. The third kappa shape index (κ3) is 4.91. The first kappa shape index (κ1) is 16.0. The van der Waals surface area contributed by atoms with Crippen LogP contribution in [0.2, 0.25) is 0 Å². The Bertz CT molecular complexity index is 471. The summed E-state index contributed by atoms with van der Waals surface area (Å²) in [6, 6.07) is 7.56. The van der Waals surface area contributed by atoms with Gasteiger partial charge in [-0.25, -0.2) is 0 Å². The van der Waals surface area contributed by atoms with Crippen molar-refractivity contribution in [1.82, 2.24) is 4.90 Å². The Morgan fingerprint density at radius 1 is 1.35 bits per heavy atom. The van der Waals surface area contributed by atoms with Crippen molar-refractivity contribution >= 4 is 11.9 Å². The second-order valence-electron chi connectivity index (χ2n) is 4.82. The number of likely N-dealkylation sites (N-methyl/N-ethyl adjacent to an activating group) is 1. The lowest BCUT2D eigenvalue weighted by Gasteiger charge is -2.18. The van der Waals surface area contributed by atoms with Crippen molar-refractivity contribution in [3.05, 3.63) is 29.8 Å². The molecular formula is C15H21NO4. The zero-order chi connectivity index (χ0) is 15.1. The van der Waals surface area contributed by atoms with Crippen LogP contribution in [0.5, 0.6) is 5.75 Å². The number of hydrogen-bond acceptors (Lipinski definition) is 3. The summed E-state index contributed by atoms with van der Waals surface area (Å²) in [4.78, 5) is 23.7. The van der Waals surface area contributed by atoms with E-state index in [9.17, 15) is 9.59 Å². The molecule has 0 saturated carbocycles. The van der Waals surface area contributed by atoms with Gasteiger partial charge in [-0.05, 0) is 30.5 Å². The van der Waals surface area contributed by atoms with E-state index in [1.165, 1.54) is 4.90 Å². The van der Waals surface area contributed by atoms with E-state index in [-0.39, 0.29) is 19.1 Å². The highest BCUT2D eigenvalue weighted by Gasteiger charge is 2.15. The molecule has 1 aromatic rings. The maximum absolute atomic E-state index is 11.8. The van der Waals surface area contributed by atoms with Gasteiger partial charge in [0.2, 0.25) is 0 Å². The molecule has 0 aromatic heterocycles. The Kier molecular flexibility index (Phi) is 6.03. The van der Waals surface area contributed by atoms with Gasteiger partial charge in [-0.15, -0.1) is 0 Å². The van der Waals surface area contributed by atoms with E-state index >= 15 is 0 Å². The van der Waals surface area contributed by atoms with Crippen LogP contribution in [0.15, 0.2) is 24.3 Å². The van der Waals surface area contributed by atoms with Crippen LogP contribution >= 0.6 is 0 Å². The normalized spacial score (nSPS) is 10.4. The number of aliphatic carboxylic acids is 1. The van der Waals surface area contributed by atoms with Gasteiger partial charge in [-0.3, -0.25) is 9.59 Å². The standard InChI is InChI=1S/C15H21NO4/c1-4-16(9-15(18)19)14(17)10-20-13-7-5-6-12(8-13)11(2)3/h5-8,11H,4,9-10H2,1-3H3,(H,18,19). The molecular weight excluding hydrogens is 258 g/mol. The average Bonchev–Trinajstić information content (AvgIpc) is 2.42. The molecule has 0 fully saturated rings. The lowest BCUT2D eigenvalue weighted by atomic mass is 10.0. The number of hydrogen-bond donors (Lipinski definition) is 1. The molecule has 0 atom stereocenters. The van der Waals surface area contributed by atoms with Gasteiger partial charge in [-0.2, -0.15) is 0 Å². The number of ether oxygens (including phenoxy) is 1. The van der Waals surface area contributed by atoms with E-state index in [2.05, 4.69) is 13.8 Å². The molecule has 0 aliphatic rings. The summed E-state index contributed by atoms with van der Waals surface area (Å²) in [6.07, 6.45) is 0. The quantitative estimate of drug-likeness (QED) is 0.830. The Morgan fingerprint density at radius 3 is 2.60 bits per heavy atom. The molecule has 0 bridgehead atoms. The fraction of sp³-hybridized carbons (Fsp3) is 0.467. The summed E-state index contributed by atoms with van der Waals surface area (Å²) in [6.45, 7) is 5.79. The van der Waals surface area contributed by atoms with Gasteiger partial charge >= 0.3 is 5.97 Å². The molecule has 1 N–H and O–H groups in total. The number of carbonyl (C=O) groups excluding carboxylic acids is 1. The van der Waals surface area contributed by atoms with E-state index in [4.69, 9.17) is 9.84 Å². The van der Waals surface area contributed by atoms with E-state index < -0.39 is 5.97 Å². The van der Waals surface area contributed by atoms with Crippen molar-refractivity contribution in [3.63, 3.8) is 0 Å². The first-order valence-electron chi connectivity index (χ1n) is 6.66. The molecule has 110 valence electrons. The number of carboxylic acids is 1. The van der Waals surface area contributed by atoms with E-state index in [0.29, 0.717) is 18.2 Å². The predicted octanol–water partition coefficient (Wildman–Crippen LogP) is 2.12. The van der Waals surface area contributed by atoms with E-state index in [1.54, 1.807) is 13.0 Å². The Morgan fingerprint density at radius 2 is 2.05 bits per heavy atom.